The molecule has 0 aliphatic carbocycles. The van der Waals surface area contributed by atoms with Crippen LogP contribution in [0, 0.1) is 16.0 Å². The summed E-state index contributed by atoms with van der Waals surface area (Å²) >= 11 is 0. The maximum absolute atomic E-state index is 13.0. The Hall–Kier alpha value is -2.25. The molecule has 0 spiro atoms. The molecule has 0 fully saturated rings. The number of nitro benzene ring substituents is 1. The van der Waals surface area contributed by atoms with E-state index in [1.54, 1.807) is 0 Å². The maximum atomic E-state index is 13.0. The molecule has 1 rings (SSSR count). The number of rotatable bonds is 7. The molecule has 2 N–H and O–H groups in total. The first-order valence-corrected chi connectivity index (χ1v) is 6.28. The van der Waals surface area contributed by atoms with Crippen LogP contribution >= 0.6 is 0 Å². The molecule has 1 aromatic rings. The van der Waals surface area contributed by atoms with E-state index in [2.05, 4.69) is 5.32 Å². The number of alkyl halides is 2. The zero-order valence-electron chi connectivity index (χ0n) is 11.5. The van der Waals surface area contributed by atoms with Crippen molar-refractivity contribution in [2.45, 2.75) is 32.7 Å². The second kappa shape index (κ2) is 6.96. The van der Waals surface area contributed by atoms with Crippen LogP contribution in [0.25, 0.3) is 0 Å². The molecule has 1 unspecified atom stereocenters. The first-order valence-electron chi connectivity index (χ1n) is 6.28. The molecule has 116 valence electrons. The molecular formula is C13H16F2N2O4. The van der Waals surface area contributed by atoms with Crippen molar-refractivity contribution in [3.8, 4) is 0 Å². The SMILES string of the molecule is CC(C)CC(Nc1ccc([N+](=O)[O-])cc1C(F)F)C(=O)O. The number of hydrogen-bond donors (Lipinski definition) is 2. The van der Waals surface area contributed by atoms with Crippen molar-refractivity contribution in [1.82, 2.24) is 0 Å². The molecule has 1 atom stereocenters. The Morgan fingerprint density at radius 1 is 1.43 bits per heavy atom. The van der Waals surface area contributed by atoms with E-state index in [0.29, 0.717) is 0 Å². The van der Waals surface area contributed by atoms with Crippen LogP contribution in [0.3, 0.4) is 0 Å². The second-order valence-corrected chi connectivity index (χ2v) is 4.99. The quantitative estimate of drug-likeness (QED) is 0.594. The zero-order chi connectivity index (χ0) is 16.2. The topological polar surface area (TPSA) is 92.5 Å². The molecule has 0 amide bonds. The van der Waals surface area contributed by atoms with Gasteiger partial charge in [-0.3, -0.25) is 10.1 Å². The van der Waals surface area contributed by atoms with Crippen LogP contribution in [-0.2, 0) is 4.79 Å². The molecule has 0 aliphatic rings. The molecule has 1 aromatic carbocycles. The zero-order valence-corrected chi connectivity index (χ0v) is 11.5. The molecule has 6 nitrogen and oxygen atoms in total. The normalized spacial score (nSPS) is 12.5. The van der Waals surface area contributed by atoms with Gasteiger partial charge in [-0.05, 0) is 18.4 Å². The number of non-ortho nitro benzene ring substituents is 1. The van der Waals surface area contributed by atoms with Gasteiger partial charge in [0.2, 0.25) is 0 Å². The number of hydrogen-bond acceptors (Lipinski definition) is 4. The lowest BCUT2D eigenvalue weighted by Gasteiger charge is -2.19. The average Bonchev–Trinajstić information content (AvgIpc) is 2.37. The van der Waals surface area contributed by atoms with E-state index in [4.69, 9.17) is 5.11 Å². The fourth-order valence-electron chi connectivity index (χ4n) is 1.86. The fraction of sp³-hybridized carbons (Fsp3) is 0.462. The Morgan fingerprint density at radius 2 is 2.05 bits per heavy atom. The number of nitro groups is 1. The van der Waals surface area contributed by atoms with Crippen LogP contribution in [0.2, 0.25) is 0 Å². The minimum atomic E-state index is -2.94. The van der Waals surface area contributed by atoms with Gasteiger partial charge in [-0.2, -0.15) is 0 Å². The predicted octanol–water partition coefficient (Wildman–Crippen LogP) is 3.44. The maximum Gasteiger partial charge on any atom is 0.326 e. The summed E-state index contributed by atoms with van der Waals surface area (Å²) in [6.45, 7) is 3.61. The van der Waals surface area contributed by atoms with Crippen molar-refractivity contribution in [1.29, 1.82) is 0 Å². The van der Waals surface area contributed by atoms with E-state index in [-0.39, 0.29) is 18.0 Å². The van der Waals surface area contributed by atoms with Gasteiger partial charge in [0.1, 0.15) is 6.04 Å². The van der Waals surface area contributed by atoms with Gasteiger partial charge in [0.05, 0.1) is 4.92 Å². The molecule has 0 aromatic heterocycles. The van der Waals surface area contributed by atoms with Crippen molar-refractivity contribution in [2.75, 3.05) is 5.32 Å². The Morgan fingerprint density at radius 3 is 2.48 bits per heavy atom. The van der Waals surface area contributed by atoms with Gasteiger partial charge in [0.25, 0.3) is 12.1 Å². The lowest BCUT2D eigenvalue weighted by Crippen LogP contribution is -2.31. The van der Waals surface area contributed by atoms with Crippen LogP contribution in [0.15, 0.2) is 18.2 Å². The lowest BCUT2D eigenvalue weighted by molar-refractivity contribution is -0.385. The van der Waals surface area contributed by atoms with E-state index in [9.17, 15) is 23.7 Å². The summed E-state index contributed by atoms with van der Waals surface area (Å²) in [4.78, 5) is 21.0. The summed E-state index contributed by atoms with van der Waals surface area (Å²) in [5.74, 6) is -1.12. The van der Waals surface area contributed by atoms with Crippen molar-refractivity contribution in [3.63, 3.8) is 0 Å². The third-order valence-corrected chi connectivity index (χ3v) is 2.82. The lowest BCUT2D eigenvalue weighted by atomic mass is 10.0. The van der Waals surface area contributed by atoms with Crippen molar-refractivity contribution >= 4 is 17.3 Å². The number of carbonyl (C=O) groups is 1. The minimum absolute atomic E-state index is 0.0478. The van der Waals surface area contributed by atoms with E-state index < -0.39 is 34.6 Å². The highest BCUT2D eigenvalue weighted by Crippen LogP contribution is 2.31. The third kappa shape index (κ3) is 4.66. The average molecular weight is 302 g/mol. The van der Waals surface area contributed by atoms with E-state index in [0.717, 1.165) is 18.2 Å². The molecule has 8 heteroatoms. The number of carboxylic acid groups (broad SMARTS) is 1. The predicted molar refractivity (Wildman–Crippen MR) is 72.6 cm³/mol. The Kier molecular flexibility index (Phi) is 5.57. The number of nitrogens with one attached hydrogen (secondary N) is 1. The molecular weight excluding hydrogens is 286 g/mol. The number of aliphatic carboxylic acids is 1. The van der Waals surface area contributed by atoms with Gasteiger partial charge in [0.15, 0.2) is 0 Å². The van der Waals surface area contributed by atoms with Crippen LogP contribution in [0.4, 0.5) is 20.2 Å². The van der Waals surface area contributed by atoms with Gasteiger partial charge in [-0.15, -0.1) is 0 Å². The van der Waals surface area contributed by atoms with Crippen LogP contribution in [0.5, 0.6) is 0 Å². The van der Waals surface area contributed by atoms with Crippen LogP contribution in [-0.4, -0.2) is 22.0 Å². The van der Waals surface area contributed by atoms with Gasteiger partial charge < -0.3 is 10.4 Å². The van der Waals surface area contributed by atoms with Gasteiger partial charge >= 0.3 is 5.97 Å². The smallest absolute Gasteiger partial charge is 0.326 e. The Bertz CT molecular complexity index is 535. The number of nitrogens with zero attached hydrogens (tertiary/aromatic N) is 1. The number of halogens is 2. The summed E-state index contributed by atoms with van der Waals surface area (Å²) in [6.07, 6.45) is -2.70. The van der Waals surface area contributed by atoms with E-state index >= 15 is 0 Å². The standard InChI is InChI=1S/C13H16F2N2O4/c1-7(2)5-11(13(18)19)16-10-4-3-8(17(20)21)6-9(10)12(14)15/h3-4,6-7,11-12,16H,5H2,1-2H3,(H,18,19). The van der Waals surface area contributed by atoms with Gasteiger partial charge in [-0.1, -0.05) is 13.8 Å². The molecule has 0 saturated carbocycles. The molecule has 0 radical (unpaired) electrons. The highest BCUT2D eigenvalue weighted by Gasteiger charge is 2.23. The van der Waals surface area contributed by atoms with Gasteiger partial charge in [-0.25, -0.2) is 13.6 Å². The Balaban J connectivity index is 3.10. The third-order valence-electron chi connectivity index (χ3n) is 2.82. The van der Waals surface area contributed by atoms with Crippen molar-refractivity contribution in [3.05, 3.63) is 33.9 Å². The highest BCUT2D eigenvalue weighted by atomic mass is 19.3. The fourth-order valence-corrected chi connectivity index (χ4v) is 1.86. The second-order valence-electron chi connectivity index (χ2n) is 4.99. The molecule has 21 heavy (non-hydrogen) atoms. The summed E-state index contributed by atoms with van der Waals surface area (Å²) in [5, 5.41) is 22.2. The first-order chi connectivity index (χ1) is 9.72. The largest absolute Gasteiger partial charge is 0.480 e. The molecule has 0 aliphatic heterocycles. The number of carboxylic acids is 1. The van der Waals surface area contributed by atoms with Crippen molar-refractivity contribution in [2.24, 2.45) is 5.92 Å². The van der Waals surface area contributed by atoms with Crippen LogP contribution < -0.4 is 5.32 Å². The minimum Gasteiger partial charge on any atom is -0.480 e. The van der Waals surface area contributed by atoms with Crippen LogP contribution in [0.1, 0.15) is 32.3 Å². The monoisotopic (exact) mass is 302 g/mol. The van der Waals surface area contributed by atoms with E-state index in [1.807, 2.05) is 13.8 Å². The number of benzene rings is 1. The molecule has 0 bridgehead atoms. The summed E-state index contributed by atoms with van der Waals surface area (Å²) < 4.78 is 25.9. The first kappa shape index (κ1) is 16.8. The molecule has 0 saturated heterocycles. The Labute approximate surface area is 119 Å². The number of anilines is 1. The summed E-state index contributed by atoms with van der Waals surface area (Å²) in [6, 6.07) is 1.88. The molecule has 0 heterocycles. The van der Waals surface area contributed by atoms with Crippen molar-refractivity contribution < 1.29 is 23.6 Å². The summed E-state index contributed by atoms with van der Waals surface area (Å²) in [5.41, 5.74) is -1.16. The summed E-state index contributed by atoms with van der Waals surface area (Å²) in [7, 11) is 0. The van der Waals surface area contributed by atoms with E-state index in [1.165, 1.54) is 0 Å². The highest BCUT2D eigenvalue weighted by molar-refractivity contribution is 5.78. The van der Waals surface area contributed by atoms with Gasteiger partial charge in [0, 0.05) is 23.4 Å².